The van der Waals surface area contributed by atoms with E-state index in [4.69, 9.17) is 0 Å². The van der Waals surface area contributed by atoms with Gasteiger partial charge in [0.05, 0.1) is 5.60 Å². The minimum Gasteiger partial charge on any atom is -0.390 e. The average Bonchev–Trinajstić information content (AvgIpc) is 3.30. The van der Waals surface area contributed by atoms with Gasteiger partial charge in [-0.15, -0.1) is 10.2 Å². The summed E-state index contributed by atoms with van der Waals surface area (Å²) in [5.74, 6) is 1.58. The standard InChI is InChI=1S/C23H33F3N4O2/c1-21(32)9-7-14-13(11-21)3-4-16-15(14)8-10-22(2)17(16)5-6-18(22)19(31)12-30-28-20(27-29-30)23(24,25)26/h13-18,32H,3-12H2,1-2H3/t13-,14?,15-,16-,17+,18-,21-,22+/m1/s1. The molecule has 1 aromatic rings. The van der Waals surface area contributed by atoms with Crippen molar-refractivity contribution in [3.05, 3.63) is 5.82 Å². The summed E-state index contributed by atoms with van der Waals surface area (Å²) >= 11 is 0. The van der Waals surface area contributed by atoms with E-state index in [0.717, 1.165) is 56.2 Å². The molecule has 32 heavy (non-hydrogen) atoms. The van der Waals surface area contributed by atoms with Crippen molar-refractivity contribution in [1.29, 1.82) is 0 Å². The van der Waals surface area contributed by atoms with Crippen LogP contribution in [0.25, 0.3) is 0 Å². The van der Waals surface area contributed by atoms with Crippen LogP contribution in [0, 0.1) is 40.9 Å². The average molecular weight is 455 g/mol. The van der Waals surface area contributed by atoms with E-state index < -0.39 is 17.6 Å². The summed E-state index contributed by atoms with van der Waals surface area (Å²) in [6.07, 6.45) is 4.49. The number of tetrazole rings is 1. The molecular weight excluding hydrogens is 421 g/mol. The molecule has 1 N–H and O–H groups in total. The number of hydrogen-bond donors (Lipinski definition) is 1. The third kappa shape index (κ3) is 3.68. The van der Waals surface area contributed by atoms with Crippen LogP contribution in [0.15, 0.2) is 0 Å². The lowest BCUT2D eigenvalue weighted by atomic mass is 9.49. The predicted molar refractivity (Wildman–Crippen MR) is 109 cm³/mol. The summed E-state index contributed by atoms with van der Waals surface area (Å²) in [5, 5.41) is 20.4. The Morgan fingerprint density at radius 2 is 1.81 bits per heavy atom. The summed E-state index contributed by atoms with van der Waals surface area (Å²) < 4.78 is 38.3. The number of hydrogen-bond acceptors (Lipinski definition) is 5. The second-order valence-electron chi connectivity index (χ2n) is 11.5. The van der Waals surface area contributed by atoms with Gasteiger partial charge in [-0.3, -0.25) is 4.79 Å². The zero-order valence-electron chi connectivity index (χ0n) is 18.8. The van der Waals surface area contributed by atoms with E-state index >= 15 is 0 Å². The number of alkyl halides is 3. The molecule has 1 unspecified atom stereocenters. The van der Waals surface area contributed by atoms with E-state index in [2.05, 4.69) is 22.3 Å². The van der Waals surface area contributed by atoms with E-state index in [1.165, 1.54) is 6.42 Å². The van der Waals surface area contributed by atoms with Gasteiger partial charge in [0.2, 0.25) is 0 Å². The number of rotatable bonds is 3. The van der Waals surface area contributed by atoms with E-state index in [1.54, 1.807) is 0 Å². The van der Waals surface area contributed by atoms with Gasteiger partial charge in [0.25, 0.3) is 5.82 Å². The van der Waals surface area contributed by atoms with Gasteiger partial charge in [-0.2, -0.15) is 18.0 Å². The molecule has 4 aliphatic carbocycles. The van der Waals surface area contributed by atoms with Gasteiger partial charge in [-0.25, -0.2) is 0 Å². The summed E-state index contributed by atoms with van der Waals surface area (Å²) in [6, 6.07) is 0. The number of fused-ring (bicyclic) bond motifs is 5. The molecule has 178 valence electrons. The maximum absolute atomic E-state index is 13.2. The number of carbonyl (C=O) groups is 1. The van der Waals surface area contributed by atoms with Crippen molar-refractivity contribution >= 4 is 5.78 Å². The van der Waals surface area contributed by atoms with E-state index in [1.807, 2.05) is 6.92 Å². The van der Waals surface area contributed by atoms with Gasteiger partial charge < -0.3 is 5.11 Å². The molecule has 0 aromatic carbocycles. The third-order valence-electron chi connectivity index (χ3n) is 9.63. The summed E-state index contributed by atoms with van der Waals surface area (Å²) in [7, 11) is 0. The Morgan fingerprint density at radius 1 is 1.06 bits per heavy atom. The maximum atomic E-state index is 13.2. The van der Waals surface area contributed by atoms with Crippen LogP contribution in [0.5, 0.6) is 0 Å². The minimum atomic E-state index is -4.66. The Morgan fingerprint density at radius 3 is 2.53 bits per heavy atom. The number of aromatic nitrogens is 4. The lowest BCUT2D eigenvalue weighted by Crippen LogP contribution is -2.51. The van der Waals surface area contributed by atoms with Crippen molar-refractivity contribution < 1.29 is 23.1 Å². The Balaban J connectivity index is 1.29. The number of nitrogens with zero attached hydrogens (tertiary/aromatic N) is 4. The number of Topliss-reactive ketones (excluding diaryl/α,β-unsaturated/α-hetero) is 1. The zero-order chi connectivity index (χ0) is 22.9. The number of halogens is 3. The molecule has 9 heteroatoms. The van der Waals surface area contributed by atoms with Gasteiger partial charge in [-0.1, -0.05) is 6.92 Å². The highest BCUT2D eigenvalue weighted by atomic mass is 19.4. The Hall–Kier alpha value is -1.51. The van der Waals surface area contributed by atoms with Crippen LogP contribution < -0.4 is 0 Å². The van der Waals surface area contributed by atoms with Crippen LogP contribution in [0.2, 0.25) is 0 Å². The van der Waals surface area contributed by atoms with Crippen molar-refractivity contribution in [2.75, 3.05) is 0 Å². The van der Waals surface area contributed by atoms with Crippen molar-refractivity contribution in [2.24, 2.45) is 40.9 Å². The number of carbonyl (C=O) groups excluding carboxylic acids is 1. The van der Waals surface area contributed by atoms with E-state index in [-0.39, 0.29) is 23.7 Å². The molecule has 4 aliphatic rings. The second-order valence-corrected chi connectivity index (χ2v) is 11.5. The first-order valence-corrected chi connectivity index (χ1v) is 12.1. The van der Waals surface area contributed by atoms with Gasteiger partial charge in [0.15, 0.2) is 5.78 Å². The lowest BCUT2D eigenvalue weighted by Gasteiger charge is -2.56. The first-order valence-electron chi connectivity index (χ1n) is 12.1. The largest absolute Gasteiger partial charge is 0.455 e. The van der Waals surface area contributed by atoms with Crippen LogP contribution in [0.1, 0.15) is 77.5 Å². The first-order chi connectivity index (χ1) is 15.0. The molecule has 0 amide bonds. The summed E-state index contributed by atoms with van der Waals surface area (Å²) in [5.41, 5.74) is -0.623. The third-order valence-corrected chi connectivity index (χ3v) is 9.63. The Bertz CT molecular complexity index is 885. The van der Waals surface area contributed by atoms with Crippen molar-refractivity contribution in [3.8, 4) is 0 Å². The molecule has 0 bridgehead atoms. The second kappa shape index (κ2) is 7.50. The van der Waals surface area contributed by atoms with Crippen molar-refractivity contribution in [3.63, 3.8) is 0 Å². The normalized spacial score (nSPS) is 43.9. The minimum absolute atomic E-state index is 0.0676. The molecule has 6 nitrogen and oxygen atoms in total. The topological polar surface area (TPSA) is 80.9 Å². The molecule has 1 aromatic heterocycles. The van der Waals surface area contributed by atoms with Crippen LogP contribution in [0.3, 0.4) is 0 Å². The molecule has 0 saturated heterocycles. The fourth-order valence-corrected chi connectivity index (χ4v) is 8.28. The van der Waals surface area contributed by atoms with Crippen LogP contribution in [-0.2, 0) is 17.5 Å². The molecule has 0 aliphatic heterocycles. The number of ketones is 1. The molecule has 4 fully saturated rings. The Labute approximate surface area is 186 Å². The quantitative estimate of drug-likeness (QED) is 0.737. The monoisotopic (exact) mass is 454 g/mol. The predicted octanol–water partition coefficient (Wildman–Crippen LogP) is 4.28. The highest BCUT2D eigenvalue weighted by molar-refractivity contribution is 5.81. The fourth-order valence-electron chi connectivity index (χ4n) is 8.28. The highest BCUT2D eigenvalue weighted by Crippen LogP contribution is 2.64. The van der Waals surface area contributed by atoms with Crippen molar-refractivity contribution in [2.45, 2.75) is 90.0 Å². The van der Waals surface area contributed by atoms with Gasteiger partial charge in [0.1, 0.15) is 6.54 Å². The highest BCUT2D eigenvalue weighted by Gasteiger charge is 2.58. The molecule has 0 spiro atoms. The summed E-state index contributed by atoms with van der Waals surface area (Å²) in [6.45, 7) is 3.96. The maximum Gasteiger partial charge on any atom is 0.455 e. The van der Waals surface area contributed by atoms with E-state index in [0.29, 0.717) is 29.6 Å². The van der Waals surface area contributed by atoms with Gasteiger partial charge in [0, 0.05) is 5.92 Å². The SMILES string of the molecule is C[C@@]1(O)CCC2[C@H](CC[C@@H]3[C@@H]2CC[C@]2(C)[C@@H](C(=O)Cn4nnc(C(F)(F)F)n4)CC[C@@H]32)C1. The summed E-state index contributed by atoms with van der Waals surface area (Å²) in [4.78, 5) is 14.0. The first kappa shape index (κ1) is 22.3. The van der Waals surface area contributed by atoms with Crippen LogP contribution in [-0.4, -0.2) is 36.7 Å². The smallest absolute Gasteiger partial charge is 0.390 e. The van der Waals surface area contributed by atoms with Gasteiger partial charge >= 0.3 is 6.18 Å². The van der Waals surface area contributed by atoms with E-state index in [9.17, 15) is 23.1 Å². The number of aliphatic hydroxyl groups is 1. The van der Waals surface area contributed by atoms with Crippen LogP contribution >= 0.6 is 0 Å². The molecule has 8 atom stereocenters. The lowest BCUT2D eigenvalue weighted by molar-refractivity contribution is -0.145. The Kier molecular flexibility index (Phi) is 5.23. The van der Waals surface area contributed by atoms with Crippen LogP contribution in [0.4, 0.5) is 13.2 Å². The molecular formula is C23H33F3N4O2. The fraction of sp³-hybridized carbons (Fsp3) is 0.913. The molecule has 5 rings (SSSR count). The zero-order valence-corrected chi connectivity index (χ0v) is 18.8. The molecule has 0 radical (unpaired) electrons. The van der Waals surface area contributed by atoms with Crippen molar-refractivity contribution in [1.82, 2.24) is 20.2 Å². The van der Waals surface area contributed by atoms with Gasteiger partial charge in [-0.05, 0) is 105 Å². The molecule has 4 saturated carbocycles. The molecule has 1 heterocycles.